The second-order valence-electron chi connectivity index (χ2n) is 4.61. The molecular weight excluding hydrogens is 270 g/mol. The predicted octanol–water partition coefficient (Wildman–Crippen LogP) is 2.68. The highest BCUT2D eigenvalue weighted by atomic mass is 32.1. The van der Waals surface area contributed by atoms with Gasteiger partial charge in [0.1, 0.15) is 0 Å². The van der Waals surface area contributed by atoms with Crippen molar-refractivity contribution in [3.8, 4) is 0 Å². The van der Waals surface area contributed by atoms with Crippen molar-refractivity contribution >= 4 is 29.3 Å². The molecule has 0 atom stereocenters. The molecule has 0 aliphatic rings. The summed E-state index contributed by atoms with van der Waals surface area (Å²) in [7, 11) is 1.84. The monoisotopic (exact) mass is 283 g/mol. The largest absolute Gasteiger partial charge is 0.294 e. The van der Waals surface area contributed by atoms with Gasteiger partial charge in [-0.1, -0.05) is 12.1 Å². The topological polar surface area (TPSA) is 47.8 Å². The number of pyridine rings is 1. The van der Waals surface area contributed by atoms with E-state index in [1.807, 2.05) is 37.5 Å². The number of nitrogens with zero attached hydrogens (tertiary/aromatic N) is 3. The van der Waals surface area contributed by atoms with Crippen LogP contribution in [0.15, 0.2) is 47.6 Å². The first-order valence-corrected chi connectivity index (χ1v) is 6.68. The molecular formula is C15H13N3OS. The first kappa shape index (κ1) is 12.9. The lowest BCUT2D eigenvalue weighted by atomic mass is 10.0. The Morgan fingerprint density at radius 1 is 1.30 bits per heavy atom. The summed E-state index contributed by atoms with van der Waals surface area (Å²) in [5.74, 6) is 0.0371. The van der Waals surface area contributed by atoms with Crippen LogP contribution in [0.25, 0.3) is 10.9 Å². The van der Waals surface area contributed by atoms with Crippen molar-refractivity contribution in [1.82, 2.24) is 14.8 Å². The maximum Gasteiger partial charge on any atom is 0.169 e. The first-order valence-electron chi connectivity index (χ1n) is 6.23. The molecule has 0 unspecified atom stereocenters. The van der Waals surface area contributed by atoms with Gasteiger partial charge in [-0.3, -0.25) is 14.5 Å². The summed E-state index contributed by atoms with van der Waals surface area (Å²) in [5, 5.41) is 5.07. The number of carbonyl (C=O) groups excluding carboxylic acids is 1. The van der Waals surface area contributed by atoms with Gasteiger partial charge in [-0.2, -0.15) is 5.10 Å². The third-order valence-electron chi connectivity index (χ3n) is 3.16. The molecule has 2 heterocycles. The molecule has 20 heavy (non-hydrogen) atoms. The van der Waals surface area contributed by atoms with E-state index in [4.69, 9.17) is 0 Å². The lowest BCUT2D eigenvalue weighted by molar-refractivity contribution is 0.0993. The van der Waals surface area contributed by atoms with Crippen molar-refractivity contribution in [2.24, 2.45) is 7.05 Å². The molecule has 5 heteroatoms. The molecule has 1 aromatic carbocycles. The summed E-state index contributed by atoms with van der Waals surface area (Å²) in [4.78, 5) is 17.5. The van der Waals surface area contributed by atoms with Crippen LogP contribution in [0.3, 0.4) is 0 Å². The quantitative estimate of drug-likeness (QED) is 0.594. The third-order valence-corrected chi connectivity index (χ3v) is 3.52. The molecule has 0 fully saturated rings. The van der Waals surface area contributed by atoms with E-state index in [0.717, 1.165) is 21.5 Å². The summed E-state index contributed by atoms with van der Waals surface area (Å²) < 4.78 is 1.69. The highest BCUT2D eigenvalue weighted by molar-refractivity contribution is 7.80. The molecule has 0 spiro atoms. The van der Waals surface area contributed by atoms with Crippen LogP contribution in [-0.4, -0.2) is 20.5 Å². The van der Waals surface area contributed by atoms with Gasteiger partial charge in [0.05, 0.1) is 17.6 Å². The molecule has 0 saturated carbocycles. The normalized spacial score (nSPS) is 10.9. The minimum Gasteiger partial charge on any atom is -0.294 e. The van der Waals surface area contributed by atoms with E-state index in [1.54, 1.807) is 16.9 Å². The van der Waals surface area contributed by atoms with E-state index in [0.29, 0.717) is 5.56 Å². The van der Waals surface area contributed by atoms with Gasteiger partial charge in [-0.15, -0.1) is 12.6 Å². The predicted molar refractivity (Wildman–Crippen MR) is 80.2 cm³/mol. The molecule has 0 saturated heterocycles. The molecule has 0 N–H and O–H groups in total. The van der Waals surface area contributed by atoms with E-state index in [9.17, 15) is 4.79 Å². The van der Waals surface area contributed by atoms with Gasteiger partial charge in [-0.05, 0) is 18.2 Å². The number of rotatable bonds is 3. The molecule has 3 aromatic rings. The molecule has 0 aliphatic heterocycles. The summed E-state index contributed by atoms with van der Waals surface area (Å²) in [5.41, 5.74) is 2.18. The van der Waals surface area contributed by atoms with Crippen LogP contribution in [0, 0.1) is 0 Å². The van der Waals surface area contributed by atoms with Gasteiger partial charge in [0.15, 0.2) is 5.78 Å². The number of thiol groups is 1. The van der Waals surface area contributed by atoms with Gasteiger partial charge < -0.3 is 0 Å². The van der Waals surface area contributed by atoms with Crippen molar-refractivity contribution in [2.45, 2.75) is 11.3 Å². The lowest BCUT2D eigenvalue weighted by Gasteiger charge is -2.05. The number of aromatic nitrogens is 3. The highest BCUT2D eigenvalue weighted by Gasteiger charge is 2.13. The maximum atomic E-state index is 12.4. The molecule has 2 aromatic heterocycles. The van der Waals surface area contributed by atoms with Crippen molar-refractivity contribution in [2.75, 3.05) is 0 Å². The Morgan fingerprint density at radius 2 is 2.15 bits per heavy atom. The maximum absolute atomic E-state index is 12.4. The number of carbonyl (C=O) groups is 1. The smallest absolute Gasteiger partial charge is 0.169 e. The minimum atomic E-state index is 0.0371. The Balaban J connectivity index is 2.01. The molecule has 4 nitrogen and oxygen atoms in total. The zero-order valence-electron chi connectivity index (χ0n) is 10.9. The Kier molecular flexibility index (Phi) is 3.28. The molecule has 100 valence electrons. The number of para-hydroxylation sites is 1. The molecule has 0 amide bonds. The van der Waals surface area contributed by atoms with Crippen LogP contribution in [-0.2, 0) is 13.5 Å². The number of benzene rings is 1. The Hall–Kier alpha value is -2.14. The van der Waals surface area contributed by atoms with Crippen LogP contribution in [0.4, 0.5) is 0 Å². The summed E-state index contributed by atoms with van der Waals surface area (Å²) >= 11 is 4.38. The lowest BCUT2D eigenvalue weighted by Crippen LogP contribution is -2.06. The van der Waals surface area contributed by atoms with Gasteiger partial charge in [-0.25, -0.2) is 0 Å². The summed E-state index contributed by atoms with van der Waals surface area (Å²) in [6.45, 7) is 0. The number of hydrogen-bond donors (Lipinski definition) is 1. The number of aryl methyl sites for hydroxylation is 1. The average molecular weight is 283 g/mol. The van der Waals surface area contributed by atoms with Gasteiger partial charge >= 0.3 is 0 Å². The van der Waals surface area contributed by atoms with Crippen molar-refractivity contribution in [3.63, 3.8) is 0 Å². The van der Waals surface area contributed by atoms with Gasteiger partial charge in [0.25, 0.3) is 0 Å². The number of Topliss-reactive ketones (excluding diaryl/α,β-unsaturated/α-hetero) is 1. The Labute approximate surface area is 121 Å². The Morgan fingerprint density at radius 3 is 2.90 bits per heavy atom. The zero-order valence-corrected chi connectivity index (χ0v) is 11.8. The zero-order chi connectivity index (χ0) is 14.1. The van der Waals surface area contributed by atoms with E-state index >= 15 is 0 Å². The fourth-order valence-electron chi connectivity index (χ4n) is 2.22. The Bertz CT molecular complexity index is 795. The van der Waals surface area contributed by atoms with Crippen molar-refractivity contribution in [1.29, 1.82) is 0 Å². The summed E-state index contributed by atoms with van der Waals surface area (Å²) in [6, 6.07) is 9.25. The van der Waals surface area contributed by atoms with E-state index in [1.165, 1.54) is 0 Å². The van der Waals surface area contributed by atoms with Crippen LogP contribution in [0.1, 0.15) is 16.1 Å². The van der Waals surface area contributed by atoms with E-state index < -0.39 is 0 Å². The highest BCUT2D eigenvalue weighted by Crippen LogP contribution is 2.23. The standard InChI is InChI=1S/C15H13N3OS/c1-18-8-6-10(17-18)9-13(19)11-5-7-16-15-12(11)3-2-4-14(15)20/h2-8,20H,9H2,1H3. The number of ketones is 1. The van der Waals surface area contributed by atoms with Crippen LogP contribution >= 0.6 is 12.6 Å². The number of fused-ring (bicyclic) bond motifs is 1. The van der Waals surface area contributed by atoms with E-state index in [2.05, 4.69) is 22.7 Å². The third kappa shape index (κ3) is 2.32. The van der Waals surface area contributed by atoms with Crippen LogP contribution < -0.4 is 0 Å². The van der Waals surface area contributed by atoms with E-state index in [-0.39, 0.29) is 12.2 Å². The second kappa shape index (κ2) is 5.09. The second-order valence-corrected chi connectivity index (χ2v) is 5.09. The fraction of sp³-hybridized carbons (Fsp3) is 0.133. The van der Waals surface area contributed by atoms with Gasteiger partial charge in [0, 0.05) is 35.3 Å². The van der Waals surface area contributed by atoms with Gasteiger partial charge in [0.2, 0.25) is 0 Å². The minimum absolute atomic E-state index is 0.0371. The van der Waals surface area contributed by atoms with Crippen molar-refractivity contribution < 1.29 is 4.79 Å². The van der Waals surface area contributed by atoms with Crippen LogP contribution in [0.2, 0.25) is 0 Å². The molecule has 0 aliphatic carbocycles. The fourth-order valence-corrected chi connectivity index (χ4v) is 2.49. The summed E-state index contributed by atoms with van der Waals surface area (Å²) in [6.07, 6.45) is 3.77. The first-order chi connectivity index (χ1) is 9.65. The molecule has 0 radical (unpaired) electrons. The molecule has 0 bridgehead atoms. The number of hydrogen-bond acceptors (Lipinski definition) is 4. The van der Waals surface area contributed by atoms with Crippen LogP contribution in [0.5, 0.6) is 0 Å². The average Bonchev–Trinajstić information content (AvgIpc) is 2.84. The molecule has 3 rings (SSSR count). The SMILES string of the molecule is Cn1ccc(CC(=O)c2ccnc3c(S)cccc23)n1. The van der Waals surface area contributed by atoms with Crippen molar-refractivity contribution in [3.05, 3.63) is 54.0 Å².